The molecule has 0 aromatic carbocycles. The van der Waals surface area contributed by atoms with Gasteiger partial charge in [-0.15, -0.1) is 0 Å². The van der Waals surface area contributed by atoms with Gasteiger partial charge in [-0.1, -0.05) is 13.8 Å². The van der Waals surface area contributed by atoms with Crippen LogP contribution in [0.4, 0.5) is 0 Å². The lowest BCUT2D eigenvalue weighted by Crippen LogP contribution is -2.43. The summed E-state index contributed by atoms with van der Waals surface area (Å²) >= 11 is 0. The van der Waals surface area contributed by atoms with E-state index in [1.165, 1.54) is 45.3 Å². The number of nitrogens with zero attached hydrogens (tertiary/aromatic N) is 1. The lowest BCUT2D eigenvalue weighted by atomic mass is 9.80. The van der Waals surface area contributed by atoms with Gasteiger partial charge in [0, 0.05) is 13.1 Å². The van der Waals surface area contributed by atoms with Crippen molar-refractivity contribution in [1.82, 2.24) is 10.2 Å². The van der Waals surface area contributed by atoms with Crippen molar-refractivity contribution < 1.29 is 4.74 Å². The first kappa shape index (κ1) is 15.3. The molecule has 3 nitrogen and oxygen atoms in total. The molecule has 1 aliphatic carbocycles. The maximum Gasteiger partial charge on any atom is 0.0594 e. The first-order chi connectivity index (χ1) is 9.19. The Morgan fingerprint density at radius 2 is 1.89 bits per heavy atom. The van der Waals surface area contributed by atoms with Crippen molar-refractivity contribution in [3.8, 4) is 0 Å². The number of rotatable bonds is 7. The third-order valence-electron chi connectivity index (χ3n) is 4.99. The van der Waals surface area contributed by atoms with Gasteiger partial charge in [0.2, 0.25) is 0 Å². The Labute approximate surface area is 119 Å². The molecule has 1 heterocycles. The van der Waals surface area contributed by atoms with E-state index in [0.717, 1.165) is 30.9 Å². The Hall–Kier alpha value is -0.120. The van der Waals surface area contributed by atoms with E-state index < -0.39 is 0 Å². The van der Waals surface area contributed by atoms with Crippen LogP contribution in [0.2, 0.25) is 0 Å². The van der Waals surface area contributed by atoms with Gasteiger partial charge in [-0.3, -0.25) is 0 Å². The third-order valence-corrected chi connectivity index (χ3v) is 4.99. The molecule has 0 aromatic rings. The predicted octanol–water partition coefficient (Wildman–Crippen LogP) is 2.37. The van der Waals surface area contributed by atoms with Crippen LogP contribution in [0.3, 0.4) is 0 Å². The van der Waals surface area contributed by atoms with Crippen LogP contribution in [0.25, 0.3) is 0 Å². The van der Waals surface area contributed by atoms with E-state index in [-0.39, 0.29) is 0 Å². The summed E-state index contributed by atoms with van der Waals surface area (Å²) in [7, 11) is 1.98. The maximum atomic E-state index is 5.81. The fraction of sp³-hybridized carbons (Fsp3) is 1.00. The fourth-order valence-corrected chi connectivity index (χ4v) is 3.45. The van der Waals surface area contributed by atoms with E-state index in [1.807, 2.05) is 7.05 Å². The molecule has 1 N–H and O–H groups in total. The Morgan fingerprint density at radius 3 is 2.47 bits per heavy atom. The molecule has 0 atom stereocenters. The van der Waals surface area contributed by atoms with Crippen molar-refractivity contribution in [1.29, 1.82) is 0 Å². The van der Waals surface area contributed by atoms with E-state index in [9.17, 15) is 0 Å². The minimum atomic E-state index is 0.548. The number of likely N-dealkylation sites (N-methyl/N-ethyl adjacent to an activating group) is 1. The number of nitrogens with one attached hydrogen (secondary N) is 1. The molecule has 1 aliphatic heterocycles. The first-order valence-corrected chi connectivity index (χ1v) is 8.17. The number of likely N-dealkylation sites (tertiary alicyclic amines) is 1. The summed E-state index contributed by atoms with van der Waals surface area (Å²) < 4.78 is 5.81. The van der Waals surface area contributed by atoms with Crippen LogP contribution in [-0.2, 0) is 4.74 Å². The summed E-state index contributed by atoms with van der Waals surface area (Å²) in [5.41, 5.74) is 0. The molecule has 112 valence electrons. The highest BCUT2D eigenvalue weighted by atomic mass is 16.5. The van der Waals surface area contributed by atoms with Gasteiger partial charge in [0.05, 0.1) is 12.7 Å². The Bertz CT molecular complexity index is 243. The summed E-state index contributed by atoms with van der Waals surface area (Å²) in [4.78, 5) is 2.69. The molecule has 0 unspecified atom stereocenters. The largest absolute Gasteiger partial charge is 0.377 e. The first-order valence-electron chi connectivity index (χ1n) is 8.17. The van der Waals surface area contributed by atoms with Gasteiger partial charge >= 0.3 is 0 Å². The highest BCUT2D eigenvalue weighted by Gasteiger charge is 2.32. The number of ether oxygens (including phenoxy) is 1. The monoisotopic (exact) mass is 268 g/mol. The maximum absolute atomic E-state index is 5.81. The van der Waals surface area contributed by atoms with E-state index in [4.69, 9.17) is 4.74 Å². The van der Waals surface area contributed by atoms with Gasteiger partial charge in [0.1, 0.15) is 0 Å². The molecular formula is C16H32N2O. The lowest BCUT2D eigenvalue weighted by molar-refractivity contribution is -0.0397. The lowest BCUT2D eigenvalue weighted by Gasteiger charge is -2.41. The van der Waals surface area contributed by atoms with Crippen LogP contribution in [0.15, 0.2) is 0 Å². The second-order valence-corrected chi connectivity index (χ2v) is 6.82. The van der Waals surface area contributed by atoms with E-state index in [2.05, 4.69) is 24.1 Å². The molecule has 2 aliphatic rings. The van der Waals surface area contributed by atoms with Crippen LogP contribution in [0.5, 0.6) is 0 Å². The van der Waals surface area contributed by atoms with Gasteiger partial charge in [0.15, 0.2) is 0 Å². The summed E-state index contributed by atoms with van der Waals surface area (Å²) in [5, 5.41) is 3.13. The SMILES string of the molecule is CNCCOC1CC(CN2CCC(C(C)C)CC2)C1. The zero-order valence-electron chi connectivity index (χ0n) is 13.0. The molecule has 0 spiro atoms. The molecule has 2 fully saturated rings. The Balaban J connectivity index is 1.53. The van der Waals surface area contributed by atoms with Gasteiger partial charge in [-0.2, -0.15) is 0 Å². The second kappa shape index (κ2) is 7.61. The molecule has 0 aromatic heterocycles. The Morgan fingerprint density at radius 1 is 1.21 bits per heavy atom. The van der Waals surface area contributed by atoms with E-state index in [1.54, 1.807) is 0 Å². The highest BCUT2D eigenvalue weighted by molar-refractivity contribution is 4.84. The van der Waals surface area contributed by atoms with Gasteiger partial charge in [-0.05, 0) is 63.6 Å². The van der Waals surface area contributed by atoms with Gasteiger partial charge < -0.3 is 15.0 Å². The number of piperidine rings is 1. The summed E-state index contributed by atoms with van der Waals surface area (Å²) in [6, 6.07) is 0. The normalized spacial score (nSPS) is 29.7. The molecular weight excluding hydrogens is 236 g/mol. The zero-order chi connectivity index (χ0) is 13.7. The van der Waals surface area contributed by atoms with Gasteiger partial charge in [-0.25, -0.2) is 0 Å². The van der Waals surface area contributed by atoms with Crippen molar-refractivity contribution in [2.45, 2.75) is 45.6 Å². The summed E-state index contributed by atoms with van der Waals surface area (Å²) in [6.07, 6.45) is 5.94. The van der Waals surface area contributed by atoms with Crippen molar-refractivity contribution >= 4 is 0 Å². The molecule has 1 saturated heterocycles. The number of hydrogen-bond donors (Lipinski definition) is 1. The molecule has 0 amide bonds. The molecule has 0 bridgehead atoms. The minimum absolute atomic E-state index is 0.548. The fourth-order valence-electron chi connectivity index (χ4n) is 3.45. The molecule has 2 rings (SSSR count). The van der Waals surface area contributed by atoms with Crippen LogP contribution in [0, 0.1) is 17.8 Å². The second-order valence-electron chi connectivity index (χ2n) is 6.82. The third kappa shape index (κ3) is 4.73. The topological polar surface area (TPSA) is 24.5 Å². The Kier molecular flexibility index (Phi) is 6.11. The highest BCUT2D eigenvalue weighted by Crippen LogP contribution is 2.32. The van der Waals surface area contributed by atoms with Gasteiger partial charge in [0.25, 0.3) is 0 Å². The van der Waals surface area contributed by atoms with E-state index in [0.29, 0.717) is 6.10 Å². The average molecular weight is 268 g/mol. The van der Waals surface area contributed by atoms with Crippen molar-refractivity contribution in [2.75, 3.05) is 39.8 Å². The van der Waals surface area contributed by atoms with Crippen molar-refractivity contribution in [2.24, 2.45) is 17.8 Å². The quantitative estimate of drug-likeness (QED) is 0.718. The minimum Gasteiger partial charge on any atom is -0.377 e. The predicted molar refractivity (Wildman–Crippen MR) is 80.4 cm³/mol. The van der Waals surface area contributed by atoms with E-state index >= 15 is 0 Å². The average Bonchev–Trinajstić information content (AvgIpc) is 2.36. The van der Waals surface area contributed by atoms with Crippen molar-refractivity contribution in [3.63, 3.8) is 0 Å². The van der Waals surface area contributed by atoms with Crippen LogP contribution >= 0.6 is 0 Å². The zero-order valence-corrected chi connectivity index (χ0v) is 13.0. The van der Waals surface area contributed by atoms with Crippen molar-refractivity contribution in [3.05, 3.63) is 0 Å². The molecule has 0 radical (unpaired) electrons. The molecule has 1 saturated carbocycles. The smallest absolute Gasteiger partial charge is 0.0594 e. The van der Waals surface area contributed by atoms with Crippen LogP contribution in [-0.4, -0.2) is 50.8 Å². The summed E-state index contributed by atoms with van der Waals surface area (Å²) in [6.45, 7) is 10.6. The molecule has 3 heteroatoms. The standard InChI is InChI=1S/C16H32N2O/c1-13(2)15-4-7-18(8-5-15)12-14-10-16(11-14)19-9-6-17-3/h13-17H,4-12H2,1-3H3. The molecule has 19 heavy (non-hydrogen) atoms. The van der Waals surface area contributed by atoms with Crippen LogP contribution in [0.1, 0.15) is 39.5 Å². The number of hydrogen-bond acceptors (Lipinski definition) is 3. The summed E-state index contributed by atoms with van der Waals surface area (Å²) in [5.74, 6) is 2.74. The van der Waals surface area contributed by atoms with Crippen LogP contribution < -0.4 is 5.32 Å².